The monoisotopic (exact) mass is 384 g/mol. The van der Waals surface area contributed by atoms with Crippen LogP contribution >= 0.6 is 15.9 Å². The molecule has 0 radical (unpaired) electrons. The molecule has 1 unspecified atom stereocenters. The maximum atomic E-state index is 11.8. The Labute approximate surface area is 148 Å². The molecule has 0 fully saturated rings. The summed E-state index contributed by atoms with van der Waals surface area (Å²) in [7, 11) is 0. The van der Waals surface area contributed by atoms with Crippen molar-refractivity contribution < 1.29 is 9.53 Å². The van der Waals surface area contributed by atoms with Crippen molar-refractivity contribution in [3.63, 3.8) is 0 Å². The molecular weight excluding hydrogens is 356 g/mol. The van der Waals surface area contributed by atoms with Gasteiger partial charge in [0.1, 0.15) is 5.60 Å². The van der Waals surface area contributed by atoms with Crippen LogP contribution in [-0.2, 0) is 4.74 Å². The normalized spacial score (nSPS) is 12.9. The van der Waals surface area contributed by atoms with Gasteiger partial charge >= 0.3 is 6.09 Å². The molecule has 0 heterocycles. The van der Waals surface area contributed by atoms with Gasteiger partial charge in [-0.25, -0.2) is 4.79 Å². The van der Waals surface area contributed by atoms with Crippen LogP contribution < -0.4 is 10.6 Å². The van der Waals surface area contributed by atoms with Crippen LogP contribution in [0.5, 0.6) is 0 Å². The van der Waals surface area contributed by atoms with Crippen LogP contribution in [0.25, 0.3) is 0 Å². The summed E-state index contributed by atoms with van der Waals surface area (Å²) in [6.07, 6.45) is -0.361. The number of halogens is 1. The number of carbonyl (C=O) groups excluding carboxylic acids is 1. The van der Waals surface area contributed by atoms with E-state index in [4.69, 9.17) is 4.74 Å². The van der Waals surface area contributed by atoms with E-state index in [-0.39, 0.29) is 6.09 Å². The SMILES string of the molecule is Cc1ccc(NCC(CNC(=O)OC(C)(C)C)C(C)C)c(Br)c1. The molecular formula is C18H29BrN2O2. The van der Waals surface area contributed by atoms with Gasteiger partial charge < -0.3 is 15.4 Å². The average Bonchev–Trinajstić information content (AvgIpc) is 2.38. The highest BCUT2D eigenvalue weighted by Crippen LogP contribution is 2.24. The molecule has 1 rings (SSSR count). The topological polar surface area (TPSA) is 50.4 Å². The molecule has 0 spiro atoms. The Morgan fingerprint density at radius 2 is 1.91 bits per heavy atom. The summed E-state index contributed by atoms with van der Waals surface area (Å²) in [6, 6.07) is 6.24. The summed E-state index contributed by atoms with van der Waals surface area (Å²) < 4.78 is 6.34. The lowest BCUT2D eigenvalue weighted by atomic mass is 9.95. The summed E-state index contributed by atoms with van der Waals surface area (Å²) in [5, 5.41) is 6.32. The fraction of sp³-hybridized carbons (Fsp3) is 0.611. The lowest BCUT2D eigenvalue weighted by Crippen LogP contribution is -2.38. The predicted octanol–water partition coefficient (Wildman–Crippen LogP) is 4.97. The lowest BCUT2D eigenvalue weighted by molar-refractivity contribution is 0.0516. The predicted molar refractivity (Wildman–Crippen MR) is 99.9 cm³/mol. The van der Waals surface area contributed by atoms with Crippen molar-refractivity contribution in [3.05, 3.63) is 28.2 Å². The van der Waals surface area contributed by atoms with Gasteiger partial charge in [-0.15, -0.1) is 0 Å². The molecule has 1 aromatic carbocycles. The van der Waals surface area contributed by atoms with E-state index in [0.29, 0.717) is 18.4 Å². The number of amides is 1. The zero-order valence-corrected chi connectivity index (χ0v) is 16.6. The van der Waals surface area contributed by atoms with Crippen LogP contribution in [0.2, 0.25) is 0 Å². The van der Waals surface area contributed by atoms with Gasteiger partial charge in [0.05, 0.1) is 0 Å². The highest BCUT2D eigenvalue weighted by atomic mass is 79.9. The first-order valence-electron chi connectivity index (χ1n) is 8.05. The van der Waals surface area contributed by atoms with Gasteiger partial charge in [-0.3, -0.25) is 0 Å². The maximum Gasteiger partial charge on any atom is 0.407 e. The van der Waals surface area contributed by atoms with Crippen molar-refractivity contribution in [3.8, 4) is 0 Å². The van der Waals surface area contributed by atoms with Gasteiger partial charge in [0.2, 0.25) is 0 Å². The molecule has 2 N–H and O–H groups in total. The van der Waals surface area contributed by atoms with Gasteiger partial charge in [-0.2, -0.15) is 0 Å². The number of hydrogen-bond acceptors (Lipinski definition) is 3. The fourth-order valence-electron chi connectivity index (χ4n) is 2.08. The number of nitrogens with one attached hydrogen (secondary N) is 2. The zero-order valence-electron chi connectivity index (χ0n) is 15.0. The highest BCUT2D eigenvalue weighted by Gasteiger charge is 2.19. The van der Waals surface area contributed by atoms with Crippen LogP contribution in [0.4, 0.5) is 10.5 Å². The summed E-state index contributed by atoms with van der Waals surface area (Å²) >= 11 is 3.58. The Kier molecular flexibility index (Phi) is 7.39. The number of ether oxygens (including phenoxy) is 1. The number of anilines is 1. The fourth-order valence-corrected chi connectivity index (χ4v) is 2.71. The minimum absolute atomic E-state index is 0.315. The van der Waals surface area contributed by atoms with E-state index in [9.17, 15) is 4.79 Å². The third kappa shape index (κ3) is 7.73. The van der Waals surface area contributed by atoms with Crippen LogP contribution in [-0.4, -0.2) is 24.8 Å². The summed E-state index contributed by atoms with van der Waals surface area (Å²) in [5.41, 5.74) is 1.82. The number of carbonyl (C=O) groups is 1. The Morgan fingerprint density at radius 3 is 2.43 bits per heavy atom. The molecule has 0 bridgehead atoms. The Morgan fingerprint density at radius 1 is 1.26 bits per heavy atom. The average molecular weight is 385 g/mol. The van der Waals surface area contributed by atoms with Gasteiger partial charge in [0.15, 0.2) is 0 Å². The quantitative estimate of drug-likeness (QED) is 0.727. The third-order valence-electron chi connectivity index (χ3n) is 3.53. The number of hydrogen-bond donors (Lipinski definition) is 2. The van der Waals surface area contributed by atoms with Gasteiger partial charge in [0, 0.05) is 23.2 Å². The first kappa shape index (κ1) is 19.8. The Hall–Kier alpha value is -1.23. The molecule has 0 aliphatic rings. The van der Waals surface area contributed by atoms with E-state index in [1.165, 1.54) is 5.56 Å². The molecule has 0 saturated carbocycles. The summed E-state index contributed by atoms with van der Waals surface area (Å²) in [4.78, 5) is 11.8. The number of benzene rings is 1. The van der Waals surface area contributed by atoms with Crippen molar-refractivity contribution in [2.45, 2.75) is 47.1 Å². The molecule has 4 nitrogen and oxygen atoms in total. The van der Waals surface area contributed by atoms with Crippen molar-refractivity contribution >= 4 is 27.7 Å². The molecule has 0 aromatic heterocycles. The van der Waals surface area contributed by atoms with Crippen LogP contribution in [0.1, 0.15) is 40.2 Å². The van der Waals surface area contributed by atoms with E-state index in [1.54, 1.807) is 0 Å². The standard InChI is InChI=1S/C18H29BrN2O2/c1-12(2)14(11-21-17(22)23-18(4,5)6)10-20-16-8-7-13(3)9-15(16)19/h7-9,12,14,20H,10-11H2,1-6H3,(H,21,22). The van der Waals surface area contributed by atoms with Gasteiger partial charge in [-0.1, -0.05) is 19.9 Å². The van der Waals surface area contributed by atoms with E-state index in [0.717, 1.165) is 16.7 Å². The molecule has 0 saturated heterocycles. The van der Waals surface area contributed by atoms with Crippen LogP contribution in [0.15, 0.2) is 22.7 Å². The lowest BCUT2D eigenvalue weighted by Gasteiger charge is -2.24. The minimum Gasteiger partial charge on any atom is -0.444 e. The van der Waals surface area contributed by atoms with Crippen molar-refractivity contribution in [1.29, 1.82) is 0 Å². The second-order valence-electron chi connectivity index (χ2n) is 7.25. The van der Waals surface area contributed by atoms with Gasteiger partial charge in [-0.05, 0) is 73.2 Å². The largest absolute Gasteiger partial charge is 0.444 e. The second-order valence-corrected chi connectivity index (χ2v) is 8.11. The third-order valence-corrected chi connectivity index (χ3v) is 4.19. The minimum atomic E-state index is -0.470. The van der Waals surface area contributed by atoms with Crippen LogP contribution in [0, 0.1) is 18.8 Å². The van der Waals surface area contributed by atoms with Crippen molar-refractivity contribution in [2.75, 3.05) is 18.4 Å². The Balaban J connectivity index is 2.54. The van der Waals surface area contributed by atoms with E-state index in [1.807, 2.05) is 20.8 Å². The van der Waals surface area contributed by atoms with Gasteiger partial charge in [0.25, 0.3) is 0 Å². The van der Waals surface area contributed by atoms with Crippen molar-refractivity contribution in [1.82, 2.24) is 5.32 Å². The first-order chi connectivity index (χ1) is 10.6. The summed E-state index contributed by atoms with van der Waals surface area (Å²) in [6.45, 7) is 13.4. The molecule has 23 heavy (non-hydrogen) atoms. The molecule has 5 heteroatoms. The molecule has 1 amide bonds. The number of alkyl carbamates (subject to hydrolysis) is 1. The zero-order chi connectivity index (χ0) is 17.6. The van der Waals surface area contributed by atoms with Crippen molar-refractivity contribution in [2.24, 2.45) is 11.8 Å². The van der Waals surface area contributed by atoms with E-state index in [2.05, 4.69) is 65.5 Å². The molecule has 0 aliphatic heterocycles. The first-order valence-corrected chi connectivity index (χ1v) is 8.84. The molecule has 0 aliphatic carbocycles. The smallest absolute Gasteiger partial charge is 0.407 e. The molecule has 1 atom stereocenters. The van der Waals surface area contributed by atoms with E-state index >= 15 is 0 Å². The maximum absolute atomic E-state index is 11.8. The molecule has 130 valence electrons. The number of aryl methyl sites for hydroxylation is 1. The van der Waals surface area contributed by atoms with Crippen LogP contribution in [0.3, 0.4) is 0 Å². The molecule has 1 aromatic rings. The Bertz CT molecular complexity index is 524. The van der Waals surface area contributed by atoms with E-state index < -0.39 is 5.60 Å². The summed E-state index contributed by atoms with van der Waals surface area (Å²) in [5.74, 6) is 0.761. The second kappa shape index (κ2) is 8.57. The highest BCUT2D eigenvalue weighted by molar-refractivity contribution is 9.10. The number of rotatable bonds is 6.